The minimum absolute atomic E-state index is 0.101. The maximum absolute atomic E-state index is 12.0. The van der Waals surface area contributed by atoms with Crippen LogP contribution in [-0.4, -0.2) is 36.7 Å². The molecule has 32 heavy (non-hydrogen) atoms. The number of alkyl carbamates (subject to hydrolysis) is 1. The summed E-state index contributed by atoms with van der Waals surface area (Å²) in [4.78, 5) is 35.5. The highest BCUT2D eigenvalue weighted by Gasteiger charge is 2.15. The van der Waals surface area contributed by atoms with Gasteiger partial charge >= 0.3 is 6.09 Å². The fourth-order valence-corrected chi connectivity index (χ4v) is 2.59. The molecule has 3 amide bonds. The summed E-state index contributed by atoms with van der Waals surface area (Å²) in [6.07, 6.45) is -0.161. The summed E-state index contributed by atoms with van der Waals surface area (Å²) in [5.41, 5.74) is 0.967. The number of hydrogen-bond donors (Lipinski definition) is 3. The Morgan fingerprint density at radius 3 is 2.19 bits per heavy atom. The second kappa shape index (κ2) is 12.3. The highest BCUT2D eigenvalue weighted by molar-refractivity contribution is 5.91. The molecule has 0 saturated heterocycles. The van der Waals surface area contributed by atoms with E-state index in [1.165, 1.54) is 0 Å². The lowest BCUT2D eigenvalue weighted by atomic mass is 10.2. The van der Waals surface area contributed by atoms with Crippen molar-refractivity contribution in [3.8, 4) is 5.75 Å². The summed E-state index contributed by atoms with van der Waals surface area (Å²) >= 11 is 0. The Bertz CT molecular complexity index is 877. The molecule has 8 nitrogen and oxygen atoms in total. The number of anilines is 1. The van der Waals surface area contributed by atoms with Gasteiger partial charge in [-0.05, 0) is 50.6 Å². The summed E-state index contributed by atoms with van der Waals surface area (Å²) in [6.45, 7) is 6.19. The topological polar surface area (TPSA) is 106 Å². The molecule has 0 aliphatic heterocycles. The number of para-hydroxylation sites is 1. The first kappa shape index (κ1) is 24.7. The van der Waals surface area contributed by atoms with E-state index < -0.39 is 11.7 Å². The van der Waals surface area contributed by atoms with Gasteiger partial charge in [0, 0.05) is 25.2 Å². The van der Waals surface area contributed by atoms with E-state index in [0.717, 1.165) is 11.3 Å². The highest BCUT2D eigenvalue weighted by atomic mass is 16.6. The standard InChI is InChI=1S/C24H31N3O5/c1-24(2,3)32-23(30)25-15-13-22(29)27-19-11-9-18(10-12-19)17-26-21(28)14-16-31-20-7-5-4-6-8-20/h4-12H,13-17H2,1-3H3,(H,25,30)(H,26,28)(H,27,29). The summed E-state index contributed by atoms with van der Waals surface area (Å²) < 4.78 is 10.6. The van der Waals surface area contributed by atoms with Gasteiger partial charge in [0.1, 0.15) is 11.4 Å². The van der Waals surface area contributed by atoms with Crippen LogP contribution >= 0.6 is 0 Å². The van der Waals surface area contributed by atoms with E-state index in [2.05, 4.69) is 16.0 Å². The van der Waals surface area contributed by atoms with E-state index in [1.807, 2.05) is 42.5 Å². The lowest BCUT2D eigenvalue weighted by Gasteiger charge is -2.19. The zero-order valence-corrected chi connectivity index (χ0v) is 18.8. The molecule has 8 heteroatoms. The lowest BCUT2D eigenvalue weighted by molar-refractivity contribution is -0.121. The third-order valence-electron chi connectivity index (χ3n) is 4.09. The van der Waals surface area contributed by atoms with Crippen molar-refractivity contribution in [1.29, 1.82) is 0 Å². The number of benzene rings is 2. The largest absolute Gasteiger partial charge is 0.493 e. The molecule has 2 aromatic rings. The van der Waals surface area contributed by atoms with Crippen molar-refractivity contribution in [3.05, 3.63) is 60.2 Å². The lowest BCUT2D eigenvalue weighted by Crippen LogP contribution is -2.34. The van der Waals surface area contributed by atoms with Crippen LogP contribution in [0.25, 0.3) is 0 Å². The van der Waals surface area contributed by atoms with Crippen molar-refractivity contribution in [1.82, 2.24) is 10.6 Å². The van der Waals surface area contributed by atoms with Gasteiger partial charge in [-0.2, -0.15) is 0 Å². The van der Waals surface area contributed by atoms with Gasteiger partial charge in [-0.15, -0.1) is 0 Å². The summed E-state index contributed by atoms with van der Waals surface area (Å²) in [6, 6.07) is 16.5. The van der Waals surface area contributed by atoms with E-state index in [0.29, 0.717) is 18.8 Å². The van der Waals surface area contributed by atoms with Crippen molar-refractivity contribution in [2.75, 3.05) is 18.5 Å². The average molecular weight is 442 g/mol. The second-order valence-electron chi connectivity index (χ2n) is 8.11. The van der Waals surface area contributed by atoms with Gasteiger partial charge in [-0.1, -0.05) is 30.3 Å². The molecule has 0 fully saturated rings. The van der Waals surface area contributed by atoms with Crippen LogP contribution in [0.3, 0.4) is 0 Å². The number of carbonyl (C=O) groups is 3. The molecule has 0 heterocycles. The third-order valence-corrected chi connectivity index (χ3v) is 4.09. The summed E-state index contributed by atoms with van der Waals surface area (Å²) in [5.74, 6) is 0.412. The van der Waals surface area contributed by atoms with Gasteiger partial charge < -0.3 is 25.4 Å². The van der Waals surface area contributed by atoms with Crippen LogP contribution in [0.2, 0.25) is 0 Å². The van der Waals surface area contributed by atoms with E-state index >= 15 is 0 Å². The van der Waals surface area contributed by atoms with Crippen molar-refractivity contribution < 1.29 is 23.9 Å². The van der Waals surface area contributed by atoms with E-state index in [1.54, 1.807) is 32.9 Å². The van der Waals surface area contributed by atoms with Gasteiger partial charge in [0.15, 0.2) is 0 Å². The molecule has 0 aliphatic carbocycles. The molecule has 0 radical (unpaired) electrons. The molecule has 2 rings (SSSR count). The van der Waals surface area contributed by atoms with Gasteiger partial charge in [-0.25, -0.2) is 4.79 Å². The van der Waals surface area contributed by atoms with Crippen molar-refractivity contribution in [3.63, 3.8) is 0 Å². The fourth-order valence-electron chi connectivity index (χ4n) is 2.59. The first-order chi connectivity index (χ1) is 15.2. The molecule has 0 saturated carbocycles. The molecule has 3 N–H and O–H groups in total. The van der Waals surface area contributed by atoms with Crippen molar-refractivity contribution >= 4 is 23.6 Å². The van der Waals surface area contributed by atoms with Crippen LogP contribution in [0.4, 0.5) is 10.5 Å². The smallest absolute Gasteiger partial charge is 0.407 e. The van der Waals surface area contributed by atoms with E-state index in [4.69, 9.17) is 9.47 Å². The number of carbonyl (C=O) groups excluding carboxylic acids is 3. The molecule has 0 unspecified atom stereocenters. The van der Waals surface area contributed by atoms with Gasteiger partial charge in [0.05, 0.1) is 13.0 Å². The number of ether oxygens (including phenoxy) is 2. The zero-order chi connectivity index (χ0) is 23.4. The Morgan fingerprint density at radius 1 is 0.844 bits per heavy atom. The Hall–Kier alpha value is -3.55. The molecular formula is C24H31N3O5. The summed E-state index contributed by atoms with van der Waals surface area (Å²) in [7, 11) is 0. The average Bonchev–Trinajstić information content (AvgIpc) is 2.73. The Morgan fingerprint density at radius 2 is 1.53 bits per heavy atom. The van der Waals surface area contributed by atoms with Crippen LogP contribution in [0, 0.1) is 0 Å². The quantitative estimate of drug-likeness (QED) is 0.522. The molecular weight excluding hydrogens is 410 g/mol. The number of rotatable bonds is 10. The highest BCUT2D eigenvalue weighted by Crippen LogP contribution is 2.11. The van der Waals surface area contributed by atoms with E-state index in [-0.39, 0.29) is 31.2 Å². The third kappa shape index (κ3) is 10.5. The minimum Gasteiger partial charge on any atom is -0.493 e. The number of hydrogen-bond acceptors (Lipinski definition) is 5. The van der Waals surface area contributed by atoms with E-state index in [9.17, 15) is 14.4 Å². The first-order valence-electron chi connectivity index (χ1n) is 10.5. The molecule has 0 aromatic heterocycles. The van der Waals surface area contributed by atoms with Crippen LogP contribution in [0.15, 0.2) is 54.6 Å². The Balaban J connectivity index is 1.63. The molecule has 2 aromatic carbocycles. The Labute approximate surface area is 188 Å². The predicted molar refractivity (Wildman–Crippen MR) is 122 cm³/mol. The van der Waals surface area contributed by atoms with Crippen LogP contribution in [0.1, 0.15) is 39.2 Å². The maximum atomic E-state index is 12.0. The SMILES string of the molecule is CC(C)(C)OC(=O)NCCC(=O)Nc1ccc(CNC(=O)CCOc2ccccc2)cc1. The number of amides is 3. The fraction of sp³-hybridized carbons (Fsp3) is 0.375. The van der Waals surface area contributed by atoms with Gasteiger partial charge in [0.2, 0.25) is 11.8 Å². The second-order valence-corrected chi connectivity index (χ2v) is 8.11. The van der Waals surface area contributed by atoms with Crippen molar-refractivity contribution in [2.24, 2.45) is 0 Å². The van der Waals surface area contributed by atoms with Crippen LogP contribution in [0.5, 0.6) is 5.75 Å². The molecule has 0 spiro atoms. The molecule has 172 valence electrons. The predicted octanol–water partition coefficient (Wildman–Crippen LogP) is 3.63. The molecule has 0 bridgehead atoms. The van der Waals surface area contributed by atoms with Gasteiger partial charge in [-0.3, -0.25) is 9.59 Å². The Kier molecular flexibility index (Phi) is 9.53. The first-order valence-corrected chi connectivity index (χ1v) is 10.5. The minimum atomic E-state index is -0.580. The zero-order valence-electron chi connectivity index (χ0n) is 18.8. The normalized spacial score (nSPS) is 10.7. The summed E-state index contributed by atoms with van der Waals surface area (Å²) in [5, 5.41) is 8.15. The molecule has 0 atom stereocenters. The number of nitrogens with one attached hydrogen (secondary N) is 3. The molecule has 0 aliphatic rings. The van der Waals surface area contributed by atoms with Crippen LogP contribution in [-0.2, 0) is 20.9 Å². The van der Waals surface area contributed by atoms with Crippen molar-refractivity contribution in [2.45, 2.75) is 45.8 Å². The maximum Gasteiger partial charge on any atom is 0.407 e. The monoisotopic (exact) mass is 441 g/mol. The van der Waals surface area contributed by atoms with Gasteiger partial charge in [0.25, 0.3) is 0 Å². The van der Waals surface area contributed by atoms with Crippen LogP contribution < -0.4 is 20.7 Å².